The number of ether oxygens (including phenoxy) is 4. The molecule has 1 aliphatic heterocycles. The first-order valence-corrected chi connectivity index (χ1v) is 11.5. The quantitative estimate of drug-likeness (QED) is 0.207. The predicted molar refractivity (Wildman–Crippen MR) is 140 cm³/mol. The van der Waals surface area contributed by atoms with E-state index in [0.717, 1.165) is 33.7 Å². The van der Waals surface area contributed by atoms with E-state index in [1.165, 1.54) is 31.4 Å². The minimum atomic E-state index is -0.591. The van der Waals surface area contributed by atoms with Crippen molar-refractivity contribution < 1.29 is 33.5 Å². The molecule has 4 aromatic rings. The lowest BCUT2D eigenvalue weighted by Gasteiger charge is -2.07. The lowest BCUT2D eigenvalue weighted by molar-refractivity contribution is -0.384. The van der Waals surface area contributed by atoms with Crippen LogP contribution < -0.4 is 19.5 Å². The number of nitrogens with one attached hydrogen (secondary N) is 2. The van der Waals surface area contributed by atoms with Gasteiger partial charge in [0.1, 0.15) is 5.75 Å². The Hall–Kier alpha value is -5.06. The van der Waals surface area contributed by atoms with Crippen LogP contribution in [0.5, 0.6) is 17.2 Å². The fourth-order valence-corrected chi connectivity index (χ4v) is 3.57. The molecule has 2 heterocycles. The molecule has 1 aromatic heterocycles. The maximum Gasteiger partial charge on any atom is 0.412 e. The summed E-state index contributed by atoms with van der Waals surface area (Å²) in [7, 11) is 1.31. The van der Waals surface area contributed by atoms with Crippen LogP contribution in [0.3, 0.4) is 0 Å². The van der Waals surface area contributed by atoms with Crippen molar-refractivity contribution in [3.05, 3.63) is 94.2 Å². The number of nitro benzene ring substituents is 1. The van der Waals surface area contributed by atoms with Crippen LogP contribution in [0.4, 0.5) is 10.5 Å². The summed E-state index contributed by atoms with van der Waals surface area (Å²) in [5.74, 6) is 1.95. The Morgan fingerprint density at radius 3 is 2.26 bits per heavy atom. The summed E-state index contributed by atoms with van der Waals surface area (Å²) in [4.78, 5) is 34.2. The van der Waals surface area contributed by atoms with Crippen LogP contribution in [0.2, 0.25) is 0 Å². The van der Waals surface area contributed by atoms with Crippen LogP contribution in [0.1, 0.15) is 11.3 Å². The highest BCUT2D eigenvalue weighted by molar-refractivity contribution is 5.84. The van der Waals surface area contributed by atoms with Crippen LogP contribution >= 0.6 is 0 Å². The molecular weight excluding hydrogens is 494 g/mol. The van der Waals surface area contributed by atoms with E-state index in [0.29, 0.717) is 26.2 Å². The lowest BCUT2D eigenvalue weighted by atomic mass is 10.1. The number of carbonyl (C=O) groups excluding carboxylic acids is 2. The van der Waals surface area contributed by atoms with Crippen molar-refractivity contribution >= 4 is 29.2 Å². The molecule has 0 spiro atoms. The van der Waals surface area contributed by atoms with E-state index in [-0.39, 0.29) is 11.4 Å². The van der Waals surface area contributed by atoms with Crippen molar-refractivity contribution in [2.75, 3.05) is 20.4 Å². The summed E-state index contributed by atoms with van der Waals surface area (Å²) in [6, 6.07) is 21.0. The number of aromatic amines is 1. The molecule has 0 saturated heterocycles. The van der Waals surface area contributed by atoms with E-state index in [1.54, 1.807) is 0 Å². The summed E-state index contributed by atoms with van der Waals surface area (Å²) >= 11 is 0. The van der Waals surface area contributed by atoms with Gasteiger partial charge in [-0.25, -0.2) is 4.79 Å². The van der Waals surface area contributed by atoms with E-state index >= 15 is 0 Å². The maximum atomic E-state index is 11.8. The molecule has 0 bridgehead atoms. The Balaban J connectivity index is 0.000000251. The second-order valence-electron chi connectivity index (χ2n) is 7.78. The number of H-pyrrole nitrogens is 1. The van der Waals surface area contributed by atoms with Crippen LogP contribution in [-0.2, 0) is 16.0 Å². The highest BCUT2D eigenvalue weighted by Gasteiger charge is 2.11. The number of rotatable bonds is 6. The summed E-state index contributed by atoms with van der Waals surface area (Å²) in [5, 5.41) is 14.4. The number of para-hydroxylation sites is 3. The van der Waals surface area contributed by atoms with Gasteiger partial charge in [-0.2, -0.15) is 0 Å². The zero-order valence-electron chi connectivity index (χ0n) is 20.8. The summed E-state index contributed by atoms with van der Waals surface area (Å²) in [6.07, 6.45) is 0.0805. The second-order valence-corrected chi connectivity index (χ2v) is 7.78. The zero-order valence-corrected chi connectivity index (χ0v) is 20.8. The molecule has 0 radical (unpaired) electrons. The van der Waals surface area contributed by atoms with E-state index in [4.69, 9.17) is 19.0 Å². The smallest absolute Gasteiger partial charge is 0.412 e. The topological polar surface area (TPSA) is 142 Å². The summed E-state index contributed by atoms with van der Waals surface area (Å²) in [5.41, 5.74) is 3.25. The monoisotopic (exact) mass is 521 g/mol. The third-order valence-corrected chi connectivity index (χ3v) is 5.30. The van der Waals surface area contributed by atoms with Gasteiger partial charge in [-0.05, 0) is 49.2 Å². The van der Waals surface area contributed by atoms with Crippen molar-refractivity contribution in [2.24, 2.45) is 0 Å². The van der Waals surface area contributed by atoms with Gasteiger partial charge >= 0.3 is 6.09 Å². The number of carbonyl (C=O) groups is 2. The average molecular weight is 522 g/mol. The largest absolute Gasteiger partial charge is 0.471 e. The standard InChI is InChI=1S/C18H17N3O4.C7H6O2.C2H4O2/c1-12-15(16-4-2-3-5-17(16)20-12)10-11-19-18(22)25-14-8-6-13(7-9-14)21(23)24;1-2-4-7-6(3-1)8-5-9-7;1-4-2-3/h2-9,20H,10-11H2,1H3,(H,19,22);1-4H,5H2;2H,1H3. The molecule has 0 fully saturated rings. The number of amides is 1. The van der Waals surface area contributed by atoms with E-state index in [1.807, 2.05) is 55.5 Å². The van der Waals surface area contributed by atoms with Gasteiger partial charge in [-0.3, -0.25) is 14.9 Å². The number of fused-ring (bicyclic) bond motifs is 2. The van der Waals surface area contributed by atoms with Crippen LogP contribution in [0.25, 0.3) is 10.9 Å². The molecule has 198 valence electrons. The van der Waals surface area contributed by atoms with Gasteiger partial charge in [-0.1, -0.05) is 30.3 Å². The third kappa shape index (κ3) is 7.72. The van der Waals surface area contributed by atoms with Gasteiger partial charge < -0.3 is 29.2 Å². The maximum absolute atomic E-state index is 11.8. The molecule has 1 aliphatic rings. The Labute approximate surface area is 218 Å². The highest BCUT2D eigenvalue weighted by Crippen LogP contribution is 2.30. The number of nitro groups is 1. The van der Waals surface area contributed by atoms with E-state index < -0.39 is 11.0 Å². The number of nitrogens with zero attached hydrogens (tertiary/aromatic N) is 1. The second kappa shape index (κ2) is 13.9. The number of benzene rings is 3. The molecule has 11 heteroatoms. The van der Waals surface area contributed by atoms with E-state index in [9.17, 15) is 14.9 Å². The SMILES string of the molecule is COC=O.Cc1[nH]c2ccccc2c1CCNC(=O)Oc1ccc([N+](=O)[O-])cc1.c1ccc2c(c1)OCO2. The third-order valence-electron chi connectivity index (χ3n) is 5.30. The van der Waals surface area contributed by atoms with Gasteiger partial charge in [0.25, 0.3) is 12.2 Å². The van der Waals surface area contributed by atoms with Crippen molar-refractivity contribution in [1.82, 2.24) is 10.3 Å². The number of hydrogen-bond acceptors (Lipinski definition) is 8. The Morgan fingerprint density at radius 2 is 1.66 bits per heavy atom. The van der Waals surface area contributed by atoms with Crippen LogP contribution in [-0.4, -0.2) is 42.9 Å². The van der Waals surface area contributed by atoms with Gasteiger partial charge in [0.2, 0.25) is 6.79 Å². The predicted octanol–water partition coefficient (Wildman–Crippen LogP) is 4.92. The van der Waals surface area contributed by atoms with Gasteiger partial charge in [0.05, 0.1) is 12.0 Å². The molecule has 0 aliphatic carbocycles. The van der Waals surface area contributed by atoms with E-state index in [2.05, 4.69) is 15.0 Å². The molecule has 0 saturated carbocycles. The highest BCUT2D eigenvalue weighted by atomic mass is 16.7. The van der Waals surface area contributed by atoms with Crippen molar-refractivity contribution in [1.29, 1.82) is 0 Å². The molecule has 2 N–H and O–H groups in total. The molecule has 38 heavy (non-hydrogen) atoms. The molecule has 11 nitrogen and oxygen atoms in total. The summed E-state index contributed by atoms with van der Waals surface area (Å²) in [6.45, 7) is 3.17. The number of aryl methyl sites for hydroxylation is 1. The number of methoxy groups -OCH3 is 1. The van der Waals surface area contributed by atoms with Crippen LogP contribution in [0, 0.1) is 17.0 Å². The first-order valence-electron chi connectivity index (χ1n) is 11.5. The average Bonchev–Trinajstić information content (AvgIpc) is 3.53. The summed E-state index contributed by atoms with van der Waals surface area (Å²) < 4.78 is 19.1. The molecular formula is C27H27N3O8. The Bertz CT molecular complexity index is 1350. The fraction of sp³-hybridized carbons (Fsp3) is 0.185. The molecule has 3 aromatic carbocycles. The zero-order chi connectivity index (χ0) is 27.3. The Kier molecular flexibility index (Phi) is 10.1. The molecule has 1 amide bonds. The van der Waals surface area contributed by atoms with Crippen molar-refractivity contribution in [2.45, 2.75) is 13.3 Å². The Morgan fingerprint density at radius 1 is 1.05 bits per heavy atom. The van der Waals surface area contributed by atoms with Crippen molar-refractivity contribution in [3.63, 3.8) is 0 Å². The lowest BCUT2D eigenvalue weighted by Crippen LogP contribution is -2.28. The first-order chi connectivity index (χ1) is 18.4. The number of hydrogen-bond donors (Lipinski definition) is 2. The van der Waals surface area contributed by atoms with Gasteiger partial charge in [-0.15, -0.1) is 0 Å². The van der Waals surface area contributed by atoms with Crippen molar-refractivity contribution in [3.8, 4) is 17.2 Å². The van der Waals surface area contributed by atoms with Gasteiger partial charge in [0.15, 0.2) is 11.5 Å². The fourth-order valence-electron chi connectivity index (χ4n) is 3.57. The molecule has 0 atom stereocenters. The number of non-ortho nitro benzene ring substituents is 1. The number of aromatic nitrogens is 1. The molecule has 0 unspecified atom stereocenters. The minimum Gasteiger partial charge on any atom is -0.471 e. The van der Waals surface area contributed by atoms with Gasteiger partial charge in [0, 0.05) is 35.3 Å². The normalized spacial score (nSPS) is 10.8. The molecule has 5 rings (SSSR count). The van der Waals surface area contributed by atoms with Crippen LogP contribution in [0.15, 0.2) is 72.8 Å². The minimum absolute atomic E-state index is 0.0532. The first kappa shape index (κ1) is 27.5.